The third-order valence-electron chi connectivity index (χ3n) is 5.13. The van der Waals surface area contributed by atoms with Gasteiger partial charge in [-0.2, -0.15) is 0 Å². The number of urea groups is 1. The van der Waals surface area contributed by atoms with Crippen molar-refractivity contribution in [2.24, 2.45) is 0 Å². The molecule has 1 saturated heterocycles. The number of anilines is 1. The van der Waals surface area contributed by atoms with Crippen molar-refractivity contribution in [3.8, 4) is 11.5 Å². The maximum atomic E-state index is 13.2. The first-order chi connectivity index (χ1) is 17.3. The predicted molar refractivity (Wildman–Crippen MR) is 144 cm³/mol. The number of barbiturate groups is 1. The fourth-order valence-corrected chi connectivity index (χ4v) is 4.26. The number of hydrogen-bond acceptors (Lipinski definition) is 5. The number of nitrogens with zero attached hydrogens (tertiary/aromatic N) is 1. The summed E-state index contributed by atoms with van der Waals surface area (Å²) in [5.41, 5.74) is 1.47. The molecule has 36 heavy (non-hydrogen) atoms. The quantitative estimate of drug-likeness (QED) is 0.237. The molecule has 1 aliphatic heterocycles. The molecule has 10 heteroatoms. The molecular weight excluding hydrogens is 616 g/mol. The van der Waals surface area contributed by atoms with Gasteiger partial charge in [0, 0.05) is 8.95 Å². The molecule has 0 spiro atoms. The highest BCUT2D eigenvalue weighted by Gasteiger charge is 2.36. The SMILES string of the molecule is CCOc1cc(/C=C2\C(=O)NC(=O)N(c3ccc(Br)cc3)C2=O)cc(Cl)c1OCc1ccc(Br)cc1. The summed E-state index contributed by atoms with van der Waals surface area (Å²) in [4.78, 5) is 39.0. The molecule has 4 rings (SSSR count). The molecule has 1 aliphatic rings. The molecule has 1 heterocycles. The highest BCUT2D eigenvalue weighted by Crippen LogP contribution is 2.38. The molecule has 0 bridgehead atoms. The number of nitrogens with one attached hydrogen (secondary N) is 1. The lowest BCUT2D eigenvalue weighted by atomic mass is 10.1. The zero-order valence-corrected chi connectivity index (χ0v) is 22.8. The fourth-order valence-electron chi connectivity index (χ4n) is 3.46. The molecule has 0 unspecified atom stereocenters. The van der Waals surface area contributed by atoms with Crippen LogP contribution in [0.25, 0.3) is 6.08 Å². The van der Waals surface area contributed by atoms with Gasteiger partial charge < -0.3 is 9.47 Å². The van der Waals surface area contributed by atoms with Gasteiger partial charge in [0.25, 0.3) is 11.8 Å². The number of rotatable bonds is 7. The van der Waals surface area contributed by atoms with Gasteiger partial charge in [-0.3, -0.25) is 14.9 Å². The van der Waals surface area contributed by atoms with Crippen LogP contribution in [0.3, 0.4) is 0 Å². The van der Waals surface area contributed by atoms with Crippen LogP contribution in [0.1, 0.15) is 18.1 Å². The zero-order valence-electron chi connectivity index (χ0n) is 18.9. The summed E-state index contributed by atoms with van der Waals surface area (Å²) < 4.78 is 13.4. The lowest BCUT2D eigenvalue weighted by molar-refractivity contribution is -0.122. The first-order valence-electron chi connectivity index (χ1n) is 10.8. The van der Waals surface area contributed by atoms with Crippen molar-refractivity contribution in [2.45, 2.75) is 13.5 Å². The molecule has 0 radical (unpaired) electrons. The van der Waals surface area contributed by atoms with Crippen LogP contribution >= 0.6 is 43.5 Å². The molecule has 0 atom stereocenters. The van der Waals surface area contributed by atoms with Crippen LogP contribution < -0.4 is 19.7 Å². The minimum absolute atomic E-state index is 0.223. The van der Waals surface area contributed by atoms with Crippen molar-refractivity contribution < 1.29 is 23.9 Å². The Balaban J connectivity index is 1.65. The van der Waals surface area contributed by atoms with Gasteiger partial charge in [-0.15, -0.1) is 0 Å². The van der Waals surface area contributed by atoms with Crippen molar-refractivity contribution in [3.05, 3.63) is 91.3 Å². The Kier molecular flexibility index (Phi) is 8.13. The third-order valence-corrected chi connectivity index (χ3v) is 6.46. The average Bonchev–Trinajstić information content (AvgIpc) is 2.83. The first-order valence-corrected chi connectivity index (χ1v) is 12.7. The number of carbonyl (C=O) groups is 3. The second-order valence-electron chi connectivity index (χ2n) is 7.61. The molecule has 1 fully saturated rings. The average molecular weight is 635 g/mol. The number of ether oxygens (including phenoxy) is 2. The van der Waals surface area contributed by atoms with Crippen molar-refractivity contribution in [3.63, 3.8) is 0 Å². The van der Waals surface area contributed by atoms with E-state index in [2.05, 4.69) is 37.2 Å². The smallest absolute Gasteiger partial charge is 0.335 e. The standard InChI is InChI=1S/C26H19Br2ClN2O5/c1-2-35-22-13-16(12-21(29)23(22)36-14-15-3-5-17(27)6-4-15)11-20-24(32)30-26(34)31(25(20)33)19-9-7-18(28)8-10-19/h3-13H,2,14H2,1H3,(H,30,32,34)/b20-11+. The lowest BCUT2D eigenvalue weighted by Gasteiger charge is -2.26. The first kappa shape index (κ1) is 25.9. The monoisotopic (exact) mass is 632 g/mol. The van der Waals surface area contributed by atoms with E-state index >= 15 is 0 Å². The van der Waals surface area contributed by atoms with Crippen LogP contribution in [0.5, 0.6) is 11.5 Å². The maximum absolute atomic E-state index is 13.2. The minimum atomic E-state index is -0.825. The van der Waals surface area contributed by atoms with Crippen molar-refractivity contribution in [1.82, 2.24) is 5.32 Å². The van der Waals surface area contributed by atoms with Crippen molar-refractivity contribution >= 4 is 73.1 Å². The second kappa shape index (κ2) is 11.3. The van der Waals surface area contributed by atoms with E-state index in [0.29, 0.717) is 29.4 Å². The summed E-state index contributed by atoms with van der Waals surface area (Å²) in [6, 6.07) is 16.6. The maximum Gasteiger partial charge on any atom is 0.335 e. The van der Waals surface area contributed by atoms with Gasteiger partial charge in [-0.05, 0) is 72.7 Å². The topological polar surface area (TPSA) is 84.9 Å². The molecule has 1 N–H and O–H groups in total. The van der Waals surface area contributed by atoms with Gasteiger partial charge in [-0.25, -0.2) is 9.69 Å². The number of benzene rings is 3. The van der Waals surface area contributed by atoms with E-state index in [1.807, 2.05) is 31.2 Å². The molecule has 4 amide bonds. The number of imide groups is 2. The zero-order chi connectivity index (χ0) is 25.8. The summed E-state index contributed by atoms with van der Waals surface area (Å²) in [6.07, 6.45) is 1.36. The molecule has 184 valence electrons. The van der Waals surface area contributed by atoms with Gasteiger partial charge in [0.2, 0.25) is 0 Å². The van der Waals surface area contributed by atoms with E-state index in [1.165, 1.54) is 6.08 Å². The minimum Gasteiger partial charge on any atom is -0.490 e. The highest BCUT2D eigenvalue weighted by molar-refractivity contribution is 9.10. The molecule has 3 aromatic carbocycles. The molecular formula is C26H19Br2ClN2O5. The number of hydrogen-bond donors (Lipinski definition) is 1. The number of carbonyl (C=O) groups excluding carboxylic acids is 3. The second-order valence-corrected chi connectivity index (χ2v) is 9.85. The van der Waals surface area contributed by atoms with Crippen LogP contribution in [0.2, 0.25) is 5.02 Å². The Labute approximate surface area is 229 Å². The normalized spacial score (nSPS) is 14.7. The van der Waals surface area contributed by atoms with Gasteiger partial charge in [0.05, 0.1) is 17.3 Å². The van der Waals surface area contributed by atoms with Crippen molar-refractivity contribution in [2.75, 3.05) is 11.5 Å². The van der Waals surface area contributed by atoms with Gasteiger partial charge in [0.1, 0.15) is 12.2 Å². The van der Waals surface area contributed by atoms with E-state index in [0.717, 1.165) is 19.4 Å². The Hall–Kier alpha value is -3.14. The van der Waals surface area contributed by atoms with Crippen LogP contribution in [-0.4, -0.2) is 24.5 Å². The highest BCUT2D eigenvalue weighted by atomic mass is 79.9. The summed E-state index contributed by atoms with van der Waals surface area (Å²) >= 11 is 13.2. The summed E-state index contributed by atoms with van der Waals surface area (Å²) in [5, 5.41) is 2.45. The number of amides is 4. The van der Waals surface area contributed by atoms with Gasteiger partial charge >= 0.3 is 6.03 Å². The Morgan fingerprint density at radius 3 is 2.22 bits per heavy atom. The summed E-state index contributed by atoms with van der Waals surface area (Å²) in [6.45, 7) is 2.42. The van der Waals surface area contributed by atoms with Gasteiger partial charge in [-0.1, -0.05) is 55.6 Å². The number of halogens is 3. The van der Waals surface area contributed by atoms with Crippen LogP contribution in [0.4, 0.5) is 10.5 Å². The van der Waals surface area contributed by atoms with E-state index in [1.54, 1.807) is 36.4 Å². The van der Waals surface area contributed by atoms with Crippen LogP contribution in [0, 0.1) is 0 Å². The van der Waals surface area contributed by atoms with E-state index in [-0.39, 0.29) is 17.2 Å². The molecule has 7 nitrogen and oxygen atoms in total. The molecule has 0 aromatic heterocycles. The van der Waals surface area contributed by atoms with E-state index < -0.39 is 17.8 Å². The lowest BCUT2D eigenvalue weighted by Crippen LogP contribution is -2.54. The Morgan fingerprint density at radius 2 is 1.58 bits per heavy atom. The van der Waals surface area contributed by atoms with Crippen molar-refractivity contribution in [1.29, 1.82) is 0 Å². The summed E-state index contributed by atoms with van der Waals surface area (Å²) in [7, 11) is 0. The fraction of sp³-hybridized carbons (Fsp3) is 0.115. The van der Waals surface area contributed by atoms with Gasteiger partial charge in [0.15, 0.2) is 11.5 Å². The molecule has 3 aromatic rings. The summed E-state index contributed by atoms with van der Waals surface area (Å²) in [5.74, 6) is -0.855. The van der Waals surface area contributed by atoms with E-state index in [4.69, 9.17) is 21.1 Å². The molecule has 0 saturated carbocycles. The third kappa shape index (κ3) is 5.80. The molecule has 0 aliphatic carbocycles. The van der Waals surface area contributed by atoms with Crippen LogP contribution in [-0.2, 0) is 16.2 Å². The predicted octanol–water partition coefficient (Wildman–Crippen LogP) is 6.51. The largest absolute Gasteiger partial charge is 0.490 e. The Bertz CT molecular complexity index is 1360. The van der Waals surface area contributed by atoms with E-state index in [9.17, 15) is 14.4 Å². The Morgan fingerprint density at radius 1 is 0.944 bits per heavy atom. The van der Waals surface area contributed by atoms with Crippen LogP contribution in [0.15, 0.2) is 75.2 Å².